The Hall–Kier alpha value is -0.330. The Morgan fingerprint density at radius 3 is 2.84 bits per heavy atom. The van der Waals surface area contributed by atoms with Crippen molar-refractivity contribution in [3.05, 3.63) is 27.6 Å². The molecule has 2 heterocycles. The van der Waals surface area contributed by atoms with Crippen molar-refractivity contribution in [2.24, 2.45) is 0 Å². The summed E-state index contributed by atoms with van der Waals surface area (Å²) >= 11 is 8.42. The van der Waals surface area contributed by atoms with E-state index in [1.807, 2.05) is 0 Å². The molecule has 1 aromatic heterocycles. The van der Waals surface area contributed by atoms with Crippen molar-refractivity contribution in [2.75, 3.05) is 13.2 Å². The maximum Gasteiger partial charge on any atom is 0.125 e. The Kier molecular flexibility index (Phi) is 3.75. The number of hydrogen-bond donors (Lipinski definition) is 0. The smallest absolute Gasteiger partial charge is 0.125 e. The standard InChI is InChI=1S/C14H16ClIN2O/c1-14(4-6-19-7-5-14)18-12-3-2-10(16)8-11(12)17-13(18)9-15/h2-3,8H,4-7,9H2,1H3. The molecule has 1 aromatic carbocycles. The van der Waals surface area contributed by atoms with Crippen LogP contribution in [0, 0.1) is 3.57 Å². The highest BCUT2D eigenvalue weighted by Crippen LogP contribution is 2.34. The van der Waals surface area contributed by atoms with Gasteiger partial charge in [0, 0.05) is 22.3 Å². The minimum absolute atomic E-state index is 0.0595. The number of halogens is 2. The van der Waals surface area contributed by atoms with Crippen molar-refractivity contribution in [1.29, 1.82) is 0 Å². The van der Waals surface area contributed by atoms with Gasteiger partial charge in [0.1, 0.15) is 5.82 Å². The van der Waals surface area contributed by atoms with Crippen LogP contribution in [-0.2, 0) is 16.2 Å². The third-order valence-corrected chi connectivity index (χ3v) is 4.83. The molecule has 1 aliphatic rings. The third-order valence-electron chi connectivity index (χ3n) is 3.92. The normalized spacial score (nSPS) is 18.9. The highest BCUT2D eigenvalue weighted by Gasteiger charge is 2.32. The van der Waals surface area contributed by atoms with Crippen LogP contribution >= 0.6 is 34.2 Å². The monoisotopic (exact) mass is 390 g/mol. The Balaban J connectivity index is 2.20. The Labute approximate surface area is 131 Å². The van der Waals surface area contributed by atoms with E-state index in [1.54, 1.807) is 0 Å². The average Bonchev–Trinajstić information content (AvgIpc) is 2.77. The number of alkyl halides is 1. The average molecular weight is 391 g/mol. The summed E-state index contributed by atoms with van der Waals surface area (Å²) in [5.74, 6) is 1.41. The van der Waals surface area contributed by atoms with Gasteiger partial charge in [-0.3, -0.25) is 0 Å². The highest BCUT2D eigenvalue weighted by molar-refractivity contribution is 14.1. The van der Waals surface area contributed by atoms with Crippen LogP contribution in [0.1, 0.15) is 25.6 Å². The molecule has 1 saturated heterocycles. The molecule has 19 heavy (non-hydrogen) atoms. The van der Waals surface area contributed by atoms with E-state index in [0.717, 1.165) is 37.4 Å². The highest BCUT2D eigenvalue weighted by atomic mass is 127. The van der Waals surface area contributed by atoms with Crippen LogP contribution in [0.3, 0.4) is 0 Å². The summed E-state index contributed by atoms with van der Waals surface area (Å²) in [5.41, 5.74) is 2.28. The first kappa shape index (κ1) is 13.6. The third kappa shape index (κ3) is 2.38. The number of rotatable bonds is 2. The van der Waals surface area contributed by atoms with Crippen LogP contribution in [0.15, 0.2) is 18.2 Å². The van der Waals surface area contributed by atoms with Gasteiger partial charge in [-0.25, -0.2) is 4.98 Å². The summed E-state index contributed by atoms with van der Waals surface area (Å²) in [6, 6.07) is 6.40. The lowest BCUT2D eigenvalue weighted by Gasteiger charge is -2.36. The van der Waals surface area contributed by atoms with Gasteiger partial charge < -0.3 is 9.30 Å². The van der Waals surface area contributed by atoms with E-state index in [4.69, 9.17) is 21.3 Å². The number of fused-ring (bicyclic) bond motifs is 1. The van der Waals surface area contributed by atoms with Crippen LogP contribution in [0.4, 0.5) is 0 Å². The second-order valence-corrected chi connectivity index (χ2v) is 6.75. The van der Waals surface area contributed by atoms with Crippen molar-refractivity contribution >= 4 is 45.2 Å². The summed E-state index contributed by atoms with van der Waals surface area (Å²) < 4.78 is 9.03. The van der Waals surface area contributed by atoms with Gasteiger partial charge in [-0.1, -0.05) is 0 Å². The van der Waals surface area contributed by atoms with E-state index in [9.17, 15) is 0 Å². The molecule has 0 atom stereocenters. The fourth-order valence-corrected chi connectivity index (χ4v) is 3.48. The molecule has 3 nitrogen and oxygen atoms in total. The van der Waals surface area contributed by atoms with Crippen LogP contribution < -0.4 is 0 Å². The van der Waals surface area contributed by atoms with Crippen molar-refractivity contribution in [3.8, 4) is 0 Å². The van der Waals surface area contributed by atoms with Gasteiger partial charge in [0.2, 0.25) is 0 Å². The molecule has 0 radical (unpaired) electrons. The fourth-order valence-electron chi connectivity index (χ4n) is 2.83. The topological polar surface area (TPSA) is 27.1 Å². The number of nitrogens with zero attached hydrogens (tertiary/aromatic N) is 2. The molecule has 2 aromatic rings. The number of hydrogen-bond acceptors (Lipinski definition) is 2. The second kappa shape index (κ2) is 5.22. The molecule has 0 spiro atoms. The molecule has 1 aliphatic heterocycles. The van der Waals surface area contributed by atoms with E-state index in [2.05, 4.69) is 52.3 Å². The Morgan fingerprint density at radius 1 is 1.42 bits per heavy atom. The molecular weight excluding hydrogens is 375 g/mol. The summed E-state index contributed by atoms with van der Waals surface area (Å²) in [6.07, 6.45) is 2.02. The largest absolute Gasteiger partial charge is 0.381 e. The number of benzene rings is 1. The van der Waals surface area contributed by atoms with Crippen molar-refractivity contribution in [2.45, 2.75) is 31.2 Å². The zero-order valence-corrected chi connectivity index (χ0v) is 13.7. The first-order valence-corrected chi connectivity index (χ1v) is 8.06. The first-order valence-electron chi connectivity index (χ1n) is 6.45. The molecule has 0 amide bonds. The van der Waals surface area contributed by atoms with E-state index in [1.165, 1.54) is 9.09 Å². The summed E-state index contributed by atoms with van der Waals surface area (Å²) in [6.45, 7) is 3.90. The second-order valence-electron chi connectivity index (χ2n) is 5.24. The van der Waals surface area contributed by atoms with Crippen LogP contribution in [0.2, 0.25) is 0 Å². The molecule has 1 fully saturated rings. The minimum atomic E-state index is 0.0595. The minimum Gasteiger partial charge on any atom is -0.381 e. The van der Waals surface area contributed by atoms with Gasteiger partial charge >= 0.3 is 0 Å². The molecule has 102 valence electrons. The lowest BCUT2D eigenvalue weighted by atomic mass is 9.91. The molecular formula is C14H16ClIN2O. The van der Waals surface area contributed by atoms with E-state index in [0.29, 0.717) is 5.88 Å². The van der Waals surface area contributed by atoms with Crippen molar-refractivity contribution < 1.29 is 4.74 Å². The van der Waals surface area contributed by atoms with Gasteiger partial charge in [0.05, 0.1) is 16.9 Å². The van der Waals surface area contributed by atoms with E-state index >= 15 is 0 Å². The zero-order chi connectivity index (χ0) is 13.5. The first-order chi connectivity index (χ1) is 9.14. The Bertz CT molecular complexity index is 605. The molecule has 5 heteroatoms. The summed E-state index contributed by atoms with van der Waals surface area (Å²) in [4.78, 5) is 4.70. The van der Waals surface area contributed by atoms with Crippen molar-refractivity contribution in [3.63, 3.8) is 0 Å². The predicted molar refractivity (Wildman–Crippen MR) is 85.7 cm³/mol. The SMILES string of the molecule is CC1(n2c(CCl)nc3cc(I)ccc32)CCOCC1. The van der Waals surface area contributed by atoms with Gasteiger partial charge in [0.15, 0.2) is 0 Å². The lowest BCUT2D eigenvalue weighted by molar-refractivity contribution is 0.0303. The van der Waals surface area contributed by atoms with Gasteiger partial charge in [-0.15, -0.1) is 11.6 Å². The number of aromatic nitrogens is 2. The molecule has 0 aliphatic carbocycles. The van der Waals surface area contributed by atoms with Crippen LogP contribution in [-0.4, -0.2) is 22.8 Å². The summed E-state index contributed by atoms with van der Waals surface area (Å²) in [7, 11) is 0. The fraction of sp³-hybridized carbons (Fsp3) is 0.500. The zero-order valence-electron chi connectivity index (χ0n) is 10.8. The maximum atomic E-state index is 6.11. The quantitative estimate of drug-likeness (QED) is 0.574. The molecule has 0 saturated carbocycles. The molecule has 0 bridgehead atoms. The van der Waals surface area contributed by atoms with Gasteiger partial charge in [0.25, 0.3) is 0 Å². The molecule has 3 rings (SSSR count). The van der Waals surface area contributed by atoms with Crippen LogP contribution in [0.25, 0.3) is 11.0 Å². The lowest BCUT2D eigenvalue weighted by Crippen LogP contribution is -2.37. The number of ether oxygens (including phenoxy) is 1. The van der Waals surface area contributed by atoms with Gasteiger partial charge in [-0.05, 0) is 60.6 Å². The summed E-state index contributed by atoms with van der Waals surface area (Å²) in [5, 5.41) is 0. The molecule has 0 unspecified atom stereocenters. The Morgan fingerprint density at radius 2 is 2.16 bits per heavy atom. The molecule has 0 N–H and O–H groups in total. The van der Waals surface area contributed by atoms with Gasteiger partial charge in [-0.2, -0.15) is 0 Å². The van der Waals surface area contributed by atoms with E-state index in [-0.39, 0.29) is 5.54 Å². The maximum absolute atomic E-state index is 6.11. The van der Waals surface area contributed by atoms with Crippen molar-refractivity contribution in [1.82, 2.24) is 9.55 Å². The van der Waals surface area contributed by atoms with Crippen LogP contribution in [0.5, 0.6) is 0 Å². The predicted octanol–water partition coefficient (Wildman–Crippen LogP) is 3.91. The number of imidazole rings is 1. The van der Waals surface area contributed by atoms with E-state index < -0.39 is 0 Å².